The first-order valence-corrected chi connectivity index (χ1v) is 7.01. The monoisotopic (exact) mass is 289 g/mol. The van der Waals surface area contributed by atoms with Crippen LogP contribution in [0.15, 0.2) is 18.2 Å². The second-order valence-electron chi connectivity index (χ2n) is 5.64. The molecule has 6 heteroatoms. The van der Waals surface area contributed by atoms with Gasteiger partial charge in [-0.05, 0) is 32.3 Å². The summed E-state index contributed by atoms with van der Waals surface area (Å²) in [6.07, 6.45) is 2.67. The molecule has 0 aromatic heterocycles. The highest BCUT2D eigenvalue weighted by Gasteiger charge is 2.32. The van der Waals surface area contributed by atoms with Crippen molar-refractivity contribution >= 4 is 5.69 Å². The number of nitrogens with one attached hydrogen (secondary N) is 1. The molecule has 6 nitrogen and oxygen atoms in total. The predicted octanol–water partition coefficient (Wildman–Crippen LogP) is 2.71. The maximum absolute atomic E-state index is 11.0. The number of para-hydroxylation sites is 1. The van der Waals surface area contributed by atoms with Gasteiger partial charge >= 0.3 is 5.69 Å². The largest absolute Gasteiger partial charge is 0.487 e. The number of aryl methyl sites for hydroxylation is 1. The second kappa shape index (κ2) is 6.10. The highest BCUT2D eigenvalue weighted by Crippen LogP contribution is 2.31. The van der Waals surface area contributed by atoms with Gasteiger partial charge in [0.15, 0.2) is 5.75 Å². The highest BCUT2D eigenvalue weighted by molar-refractivity contribution is 5.51. The number of nitriles is 1. The SMILES string of the molecule is Cc1cccc([N+](=O)[O-])c1OCCC(C)(C#N)NC1CC1. The zero-order chi connectivity index (χ0) is 15.5. The van der Waals surface area contributed by atoms with E-state index < -0.39 is 10.5 Å². The summed E-state index contributed by atoms with van der Waals surface area (Å²) in [7, 11) is 0. The van der Waals surface area contributed by atoms with Crippen LogP contribution in [-0.4, -0.2) is 23.1 Å². The van der Waals surface area contributed by atoms with Gasteiger partial charge in [-0.15, -0.1) is 0 Å². The van der Waals surface area contributed by atoms with Crippen LogP contribution in [0.5, 0.6) is 5.75 Å². The first kappa shape index (κ1) is 15.3. The lowest BCUT2D eigenvalue weighted by Crippen LogP contribution is -2.43. The molecule has 1 aliphatic carbocycles. The summed E-state index contributed by atoms with van der Waals surface area (Å²) in [5.74, 6) is 0.286. The van der Waals surface area contributed by atoms with Crippen molar-refractivity contribution in [2.24, 2.45) is 0 Å². The Morgan fingerprint density at radius 2 is 2.29 bits per heavy atom. The molecule has 0 heterocycles. The lowest BCUT2D eigenvalue weighted by molar-refractivity contribution is -0.385. The van der Waals surface area contributed by atoms with Crippen LogP contribution in [-0.2, 0) is 0 Å². The van der Waals surface area contributed by atoms with E-state index in [1.807, 2.05) is 6.92 Å². The van der Waals surface area contributed by atoms with Gasteiger partial charge in [-0.1, -0.05) is 12.1 Å². The Hall–Kier alpha value is -2.13. The molecular formula is C15H19N3O3. The molecule has 0 bridgehead atoms. The van der Waals surface area contributed by atoms with Crippen LogP contribution in [0.2, 0.25) is 0 Å². The highest BCUT2D eigenvalue weighted by atomic mass is 16.6. The molecule has 1 saturated carbocycles. The normalized spacial score (nSPS) is 16.8. The van der Waals surface area contributed by atoms with Gasteiger partial charge in [0.25, 0.3) is 0 Å². The molecule has 1 aliphatic rings. The number of nitro groups is 1. The zero-order valence-corrected chi connectivity index (χ0v) is 12.3. The number of hydrogen-bond donors (Lipinski definition) is 1. The van der Waals surface area contributed by atoms with E-state index in [0.717, 1.165) is 18.4 Å². The fraction of sp³-hybridized carbons (Fsp3) is 0.533. The smallest absolute Gasteiger partial charge is 0.311 e. The van der Waals surface area contributed by atoms with Crippen LogP contribution < -0.4 is 10.1 Å². The quantitative estimate of drug-likeness (QED) is 0.616. The van der Waals surface area contributed by atoms with Crippen molar-refractivity contribution in [3.05, 3.63) is 33.9 Å². The van der Waals surface area contributed by atoms with Crippen LogP contribution in [0, 0.1) is 28.4 Å². The summed E-state index contributed by atoms with van der Waals surface area (Å²) in [6.45, 7) is 3.87. The standard InChI is InChI=1S/C15H19N3O3/c1-11-4-3-5-13(18(19)20)14(11)21-9-8-15(2,10-16)17-12-6-7-12/h3-5,12,17H,6-9H2,1-2H3. The summed E-state index contributed by atoms with van der Waals surface area (Å²) in [5.41, 5.74) is 0.0281. The first-order chi connectivity index (χ1) is 9.95. The molecule has 2 rings (SSSR count). The van der Waals surface area contributed by atoms with Gasteiger partial charge < -0.3 is 4.74 Å². The third-order valence-corrected chi connectivity index (χ3v) is 3.58. The van der Waals surface area contributed by atoms with E-state index in [-0.39, 0.29) is 18.0 Å². The lowest BCUT2D eigenvalue weighted by Gasteiger charge is -2.23. The molecule has 1 unspecified atom stereocenters. The summed E-state index contributed by atoms with van der Waals surface area (Å²) in [5, 5.41) is 23.6. The molecule has 21 heavy (non-hydrogen) atoms. The number of nitro benzene ring substituents is 1. The van der Waals surface area contributed by atoms with Crippen molar-refractivity contribution in [3.63, 3.8) is 0 Å². The van der Waals surface area contributed by atoms with E-state index in [2.05, 4.69) is 11.4 Å². The van der Waals surface area contributed by atoms with Crippen LogP contribution in [0.4, 0.5) is 5.69 Å². The van der Waals surface area contributed by atoms with Crippen molar-refractivity contribution in [2.75, 3.05) is 6.61 Å². The molecule has 1 aromatic carbocycles. The molecule has 0 saturated heterocycles. The first-order valence-electron chi connectivity index (χ1n) is 7.01. The van der Waals surface area contributed by atoms with E-state index in [9.17, 15) is 15.4 Å². The van der Waals surface area contributed by atoms with Crippen LogP contribution >= 0.6 is 0 Å². The van der Waals surface area contributed by atoms with Crippen molar-refractivity contribution in [1.82, 2.24) is 5.32 Å². The van der Waals surface area contributed by atoms with Crippen molar-refractivity contribution in [2.45, 2.75) is 44.7 Å². The predicted molar refractivity (Wildman–Crippen MR) is 78.1 cm³/mol. The second-order valence-corrected chi connectivity index (χ2v) is 5.64. The third-order valence-electron chi connectivity index (χ3n) is 3.58. The molecular weight excluding hydrogens is 270 g/mol. The molecule has 0 spiro atoms. The van der Waals surface area contributed by atoms with Gasteiger partial charge in [0.2, 0.25) is 0 Å². The van der Waals surface area contributed by atoms with Crippen molar-refractivity contribution in [3.8, 4) is 11.8 Å². The molecule has 1 atom stereocenters. The topological polar surface area (TPSA) is 88.2 Å². The third kappa shape index (κ3) is 3.92. The zero-order valence-electron chi connectivity index (χ0n) is 12.3. The Kier molecular flexibility index (Phi) is 4.43. The summed E-state index contributed by atoms with van der Waals surface area (Å²) < 4.78 is 5.60. The van der Waals surface area contributed by atoms with Crippen molar-refractivity contribution < 1.29 is 9.66 Å². The molecule has 1 aromatic rings. The molecule has 112 valence electrons. The van der Waals surface area contributed by atoms with E-state index in [0.29, 0.717) is 12.5 Å². The fourth-order valence-corrected chi connectivity index (χ4v) is 2.16. The molecule has 1 fully saturated rings. The maximum Gasteiger partial charge on any atom is 0.311 e. The van der Waals surface area contributed by atoms with E-state index >= 15 is 0 Å². The van der Waals surface area contributed by atoms with Gasteiger partial charge in [0, 0.05) is 18.5 Å². The Labute approximate surface area is 123 Å². The molecule has 0 radical (unpaired) electrons. The Balaban J connectivity index is 2.00. The van der Waals surface area contributed by atoms with E-state index in [1.165, 1.54) is 6.07 Å². The molecule has 1 N–H and O–H groups in total. The number of ether oxygens (including phenoxy) is 1. The minimum Gasteiger partial charge on any atom is -0.487 e. The Morgan fingerprint density at radius 3 is 2.86 bits per heavy atom. The van der Waals surface area contributed by atoms with Crippen molar-refractivity contribution in [1.29, 1.82) is 5.26 Å². The number of nitrogens with zero attached hydrogens (tertiary/aromatic N) is 2. The summed E-state index contributed by atoms with van der Waals surface area (Å²) >= 11 is 0. The Morgan fingerprint density at radius 1 is 1.57 bits per heavy atom. The number of benzene rings is 1. The van der Waals surface area contributed by atoms with E-state index in [4.69, 9.17) is 4.74 Å². The number of hydrogen-bond acceptors (Lipinski definition) is 5. The fourth-order valence-electron chi connectivity index (χ4n) is 2.16. The maximum atomic E-state index is 11.0. The van der Waals surface area contributed by atoms with E-state index in [1.54, 1.807) is 19.1 Å². The summed E-state index contributed by atoms with van der Waals surface area (Å²) in [4.78, 5) is 10.6. The minimum atomic E-state index is -0.654. The van der Waals surface area contributed by atoms with Crippen LogP contribution in [0.1, 0.15) is 31.7 Å². The Bertz CT molecular complexity index is 578. The summed E-state index contributed by atoms with van der Waals surface area (Å²) in [6, 6.07) is 7.51. The molecule has 0 amide bonds. The van der Waals surface area contributed by atoms with Crippen LogP contribution in [0.25, 0.3) is 0 Å². The van der Waals surface area contributed by atoms with Gasteiger partial charge in [0.1, 0.15) is 5.54 Å². The molecule has 0 aliphatic heterocycles. The van der Waals surface area contributed by atoms with Gasteiger partial charge in [0.05, 0.1) is 17.6 Å². The van der Waals surface area contributed by atoms with Gasteiger partial charge in [-0.3, -0.25) is 15.4 Å². The average Bonchev–Trinajstić information content (AvgIpc) is 3.24. The lowest BCUT2D eigenvalue weighted by atomic mass is 10.0. The minimum absolute atomic E-state index is 0.0381. The average molecular weight is 289 g/mol. The van der Waals surface area contributed by atoms with Gasteiger partial charge in [-0.2, -0.15) is 5.26 Å². The van der Waals surface area contributed by atoms with Gasteiger partial charge in [-0.25, -0.2) is 0 Å². The van der Waals surface area contributed by atoms with Crippen LogP contribution in [0.3, 0.4) is 0 Å². The number of rotatable bonds is 7.